The number of ether oxygens (including phenoxy) is 1. The minimum absolute atomic E-state index is 0.525. The highest BCUT2D eigenvalue weighted by molar-refractivity contribution is 5.16. The van der Waals surface area contributed by atoms with E-state index in [1.165, 1.54) is 12.8 Å². The van der Waals surface area contributed by atoms with Crippen molar-refractivity contribution in [3.8, 4) is 0 Å². The third-order valence-corrected chi connectivity index (χ3v) is 2.56. The summed E-state index contributed by atoms with van der Waals surface area (Å²) in [7, 11) is 0. The Kier molecular flexibility index (Phi) is 2.54. The lowest BCUT2D eigenvalue weighted by Gasteiger charge is -2.34. The van der Waals surface area contributed by atoms with Gasteiger partial charge in [0, 0.05) is 12.3 Å². The average Bonchev–Trinajstić information content (AvgIpc) is 2.19. The summed E-state index contributed by atoms with van der Waals surface area (Å²) >= 11 is 0. The van der Waals surface area contributed by atoms with Crippen LogP contribution in [-0.4, -0.2) is 30.7 Å². The zero-order valence-electron chi connectivity index (χ0n) is 7.78. The molecule has 0 amide bonds. The number of hydrogen-bond acceptors (Lipinski definition) is 3. The fourth-order valence-corrected chi connectivity index (χ4v) is 1.83. The molecular weight excluding hydrogens is 164 g/mol. The Labute approximate surface area is 78.8 Å². The van der Waals surface area contributed by atoms with Crippen molar-refractivity contribution in [1.29, 1.82) is 0 Å². The molecule has 1 fully saturated rings. The maximum absolute atomic E-state index is 5.76. The molecule has 2 aliphatic rings. The van der Waals surface area contributed by atoms with Crippen LogP contribution in [0.2, 0.25) is 0 Å². The van der Waals surface area contributed by atoms with Crippen LogP contribution >= 0.6 is 0 Å². The Morgan fingerprint density at radius 1 is 1.54 bits per heavy atom. The Balaban J connectivity index is 1.93. The smallest absolute Gasteiger partial charge is 0.0669 e. The van der Waals surface area contributed by atoms with Gasteiger partial charge in [-0.15, -0.1) is 0 Å². The topological polar surface area (TPSA) is 38.5 Å². The van der Waals surface area contributed by atoms with Crippen LogP contribution in [0, 0.1) is 0 Å². The number of rotatable bonds is 1. The van der Waals surface area contributed by atoms with Gasteiger partial charge in [-0.3, -0.25) is 0 Å². The Morgan fingerprint density at radius 2 is 2.46 bits per heavy atom. The van der Waals surface area contributed by atoms with E-state index in [0.29, 0.717) is 6.04 Å². The van der Waals surface area contributed by atoms with Crippen LogP contribution < -0.4 is 5.73 Å². The van der Waals surface area contributed by atoms with Crippen molar-refractivity contribution in [2.45, 2.75) is 18.9 Å². The SMILES string of the molecule is NC1=CC=CN([C@H]2CCCOC2)C1. The zero-order valence-corrected chi connectivity index (χ0v) is 7.78. The second-order valence-corrected chi connectivity index (χ2v) is 3.63. The molecule has 0 aromatic rings. The van der Waals surface area contributed by atoms with Gasteiger partial charge in [0.2, 0.25) is 0 Å². The maximum Gasteiger partial charge on any atom is 0.0669 e. The second kappa shape index (κ2) is 3.83. The molecule has 0 spiro atoms. The summed E-state index contributed by atoms with van der Waals surface area (Å²) in [4.78, 5) is 2.27. The van der Waals surface area contributed by atoms with Crippen molar-refractivity contribution in [1.82, 2.24) is 4.90 Å². The highest BCUT2D eigenvalue weighted by Gasteiger charge is 2.20. The van der Waals surface area contributed by atoms with Gasteiger partial charge in [-0.05, 0) is 31.2 Å². The molecule has 2 rings (SSSR count). The van der Waals surface area contributed by atoms with Gasteiger partial charge in [-0.1, -0.05) is 0 Å². The molecule has 2 N–H and O–H groups in total. The molecule has 0 aromatic carbocycles. The van der Waals surface area contributed by atoms with E-state index in [1.807, 2.05) is 12.2 Å². The molecule has 0 unspecified atom stereocenters. The van der Waals surface area contributed by atoms with Crippen molar-refractivity contribution in [3.63, 3.8) is 0 Å². The van der Waals surface area contributed by atoms with Crippen LogP contribution in [0.5, 0.6) is 0 Å². The predicted octanol–water partition coefficient (Wildman–Crippen LogP) is 0.837. The highest BCUT2D eigenvalue weighted by atomic mass is 16.5. The molecule has 13 heavy (non-hydrogen) atoms. The van der Waals surface area contributed by atoms with Gasteiger partial charge in [-0.2, -0.15) is 0 Å². The second-order valence-electron chi connectivity index (χ2n) is 3.63. The highest BCUT2D eigenvalue weighted by Crippen LogP contribution is 2.16. The molecule has 0 radical (unpaired) electrons. The van der Waals surface area contributed by atoms with E-state index in [0.717, 1.165) is 25.5 Å². The van der Waals surface area contributed by atoms with Gasteiger partial charge in [-0.25, -0.2) is 0 Å². The number of nitrogens with two attached hydrogens (primary N) is 1. The first kappa shape index (κ1) is 8.63. The molecule has 1 saturated heterocycles. The van der Waals surface area contributed by atoms with Gasteiger partial charge in [0.25, 0.3) is 0 Å². The molecule has 2 aliphatic heterocycles. The van der Waals surface area contributed by atoms with E-state index < -0.39 is 0 Å². The van der Waals surface area contributed by atoms with E-state index in [9.17, 15) is 0 Å². The van der Waals surface area contributed by atoms with Crippen LogP contribution in [0.3, 0.4) is 0 Å². The lowest BCUT2D eigenvalue weighted by atomic mass is 10.1. The molecule has 3 heteroatoms. The largest absolute Gasteiger partial charge is 0.401 e. The van der Waals surface area contributed by atoms with Crippen molar-refractivity contribution in [3.05, 3.63) is 24.0 Å². The molecule has 0 aromatic heterocycles. The first-order valence-corrected chi connectivity index (χ1v) is 4.82. The van der Waals surface area contributed by atoms with Crippen LogP contribution in [0.4, 0.5) is 0 Å². The van der Waals surface area contributed by atoms with E-state index in [4.69, 9.17) is 10.5 Å². The zero-order chi connectivity index (χ0) is 9.10. The average molecular weight is 180 g/mol. The molecule has 0 aliphatic carbocycles. The molecule has 0 bridgehead atoms. The van der Waals surface area contributed by atoms with Crippen LogP contribution in [0.1, 0.15) is 12.8 Å². The van der Waals surface area contributed by atoms with Gasteiger partial charge in [0.15, 0.2) is 0 Å². The molecule has 72 valence electrons. The first-order chi connectivity index (χ1) is 6.36. The van der Waals surface area contributed by atoms with Crippen molar-refractivity contribution in [2.24, 2.45) is 5.73 Å². The normalized spacial score (nSPS) is 28.8. The van der Waals surface area contributed by atoms with E-state index in [-0.39, 0.29) is 0 Å². The van der Waals surface area contributed by atoms with Gasteiger partial charge in [0.05, 0.1) is 19.2 Å². The van der Waals surface area contributed by atoms with Crippen LogP contribution in [0.25, 0.3) is 0 Å². The van der Waals surface area contributed by atoms with Gasteiger partial charge in [0.1, 0.15) is 0 Å². The van der Waals surface area contributed by atoms with Crippen LogP contribution in [-0.2, 0) is 4.74 Å². The summed E-state index contributed by atoms with van der Waals surface area (Å²) in [5.74, 6) is 0. The summed E-state index contributed by atoms with van der Waals surface area (Å²) < 4.78 is 5.43. The van der Waals surface area contributed by atoms with Crippen molar-refractivity contribution in [2.75, 3.05) is 19.8 Å². The summed E-state index contributed by atoms with van der Waals surface area (Å²) in [6.45, 7) is 2.61. The monoisotopic (exact) mass is 180 g/mol. The number of hydrogen-bond donors (Lipinski definition) is 1. The third-order valence-electron chi connectivity index (χ3n) is 2.56. The molecular formula is C10H16N2O. The lowest BCUT2D eigenvalue weighted by molar-refractivity contribution is 0.0371. The van der Waals surface area contributed by atoms with E-state index >= 15 is 0 Å². The van der Waals surface area contributed by atoms with E-state index in [1.54, 1.807) is 0 Å². The fraction of sp³-hybridized carbons (Fsp3) is 0.600. The lowest BCUT2D eigenvalue weighted by Crippen LogP contribution is -2.40. The quantitative estimate of drug-likeness (QED) is 0.649. The Morgan fingerprint density at radius 3 is 3.15 bits per heavy atom. The predicted molar refractivity (Wildman–Crippen MR) is 52.0 cm³/mol. The summed E-state index contributed by atoms with van der Waals surface area (Å²) in [6, 6.07) is 0.525. The van der Waals surface area contributed by atoms with Gasteiger partial charge < -0.3 is 15.4 Å². The first-order valence-electron chi connectivity index (χ1n) is 4.82. The molecule has 1 atom stereocenters. The standard InChI is InChI=1S/C10H16N2O/c11-9-3-1-5-12(7-9)10-4-2-6-13-8-10/h1,3,5,10H,2,4,6-8,11H2/t10-/m0/s1. The van der Waals surface area contributed by atoms with Gasteiger partial charge >= 0.3 is 0 Å². The summed E-state index contributed by atoms with van der Waals surface area (Å²) in [6.07, 6.45) is 8.46. The minimum atomic E-state index is 0.525. The summed E-state index contributed by atoms with van der Waals surface area (Å²) in [5, 5.41) is 0. The maximum atomic E-state index is 5.76. The molecule has 0 saturated carbocycles. The minimum Gasteiger partial charge on any atom is -0.401 e. The van der Waals surface area contributed by atoms with Crippen LogP contribution in [0.15, 0.2) is 24.0 Å². The number of nitrogens with zero attached hydrogens (tertiary/aromatic N) is 1. The Bertz CT molecular complexity index is 229. The number of allylic oxidation sites excluding steroid dienone is 2. The Hall–Kier alpha value is -0.960. The summed E-state index contributed by atoms with van der Waals surface area (Å²) in [5.41, 5.74) is 6.70. The third kappa shape index (κ3) is 2.04. The van der Waals surface area contributed by atoms with Crippen molar-refractivity contribution >= 4 is 0 Å². The van der Waals surface area contributed by atoms with E-state index in [2.05, 4.69) is 11.1 Å². The molecule has 2 heterocycles. The van der Waals surface area contributed by atoms with Crippen molar-refractivity contribution < 1.29 is 4.74 Å². The fourth-order valence-electron chi connectivity index (χ4n) is 1.83. The molecule has 3 nitrogen and oxygen atoms in total.